The van der Waals surface area contributed by atoms with Crippen molar-refractivity contribution in [1.29, 1.82) is 0 Å². The van der Waals surface area contributed by atoms with Gasteiger partial charge in [-0.1, -0.05) is 0 Å². The maximum absolute atomic E-state index is 11.0. The van der Waals surface area contributed by atoms with Gasteiger partial charge in [-0.15, -0.1) is 0 Å². The third kappa shape index (κ3) is 5.09. The Morgan fingerprint density at radius 2 is 2.18 bits per heavy atom. The van der Waals surface area contributed by atoms with Crippen molar-refractivity contribution in [3.8, 4) is 0 Å². The molecule has 0 aromatic heterocycles. The second-order valence-corrected chi connectivity index (χ2v) is 3.56. The monoisotopic (exact) mass is 176 g/mol. The maximum atomic E-state index is 11.0. The van der Waals surface area contributed by atoms with Crippen LogP contribution in [0.1, 0.15) is 13.8 Å². The highest BCUT2D eigenvalue weighted by Crippen LogP contribution is 1.95. The number of hydrogen-bond donors (Lipinski definition) is 2. The minimum absolute atomic E-state index is 0.0773. The second kappa shape index (κ2) is 5.43. The van der Waals surface area contributed by atoms with E-state index in [1.807, 2.05) is 13.2 Å². The normalized spacial score (nSPS) is 15.6. The van der Waals surface area contributed by atoms with Gasteiger partial charge in [0.15, 0.2) is 0 Å². The zero-order chi connectivity index (χ0) is 8.85. The first-order valence-electron chi connectivity index (χ1n) is 3.62. The van der Waals surface area contributed by atoms with Crippen LogP contribution in [-0.2, 0) is 4.79 Å². The number of hydrogen-bond acceptors (Lipinski definition) is 3. The van der Waals surface area contributed by atoms with Crippen LogP contribution < -0.4 is 11.1 Å². The fourth-order valence-corrected chi connectivity index (χ4v) is 1.25. The SMILES string of the molecule is CSCC(C)NC(=O)[C@H](C)N. The standard InChI is InChI=1S/C7H16N2OS/c1-5(4-11-3)9-7(10)6(2)8/h5-6H,4,8H2,1-3H3,(H,9,10)/t5?,6-/m0/s1. The minimum atomic E-state index is -0.403. The van der Waals surface area contributed by atoms with Gasteiger partial charge in [-0.3, -0.25) is 4.79 Å². The number of carbonyl (C=O) groups is 1. The summed E-state index contributed by atoms with van der Waals surface area (Å²) in [5.41, 5.74) is 5.36. The molecule has 0 heterocycles. The lowest BCUT2D eigenvalue weighted by Gasteiger charge is -2.13. The van der Waals surface area contributed by atoms with Crippen molar-refractivity contribution in [2.75, 3.05) is 12.0 Å². The highest BCUT2D eigenvalue weighted by molar-refractivity contribution is 7.98. The number of rotatable bonds is 4. The van der Waals surface area contributed by atoms with Crippen LogP contribution in [-0.4, -0.2) is 30.0 Å². The van der Waals surface area contributed by atoms with Gasteiger partial charge in [0.25, 0.3) is 0 Å². The third-order valence-electron chi connectivity index (χ3n) is 1.22. The highest BCUT2D eigenvalue weighted by atomic mass is 32.2. The molecule has 1 amide bonds. The molecule has 0 aromatic carbocycles. The van der Waals surface area contributed by atoms with Gasteiger partial charge in [0.2, 0.25) is 5.91 Å². The zero-order valence-corrected chi connectivity index (χ0v) is 8.07. The van der Waals surface area contributed by atoms with Gasteiger partial charge in [-0.25, -0.2) is 0 Å². The molecule has 0 saturated heterocycles. The lowest BCUT2D eigenvalue weighted by Crippen LogP contribution is -2.43. The van der Waals surface area contributed by atoms with Gasteiger partial charge >= 0.3 is 0 Å². The van der Waals surface area contributed by atoms with Crippen molar-refractivity contribution in [2.45, 2.75) is 25.9 Å². The molecule has 0 aliphatic rings. The molecule has 0 aliphatic heterocycles. The fourth-order valence-electron chi connectivity index (χ4n) is 0.666. The molecule has 1 unspecified atom stereocenters. The Bertz CT molecular complexity index is 128. The highest BCUT2D eigenvalue weighted by Gasteiger charge is 2.09. The summed E-state index contributed by atoms with van der Waals surface area (Å²) in [5, 5.41) is 2.80. The quantitative estimate of drug-likeness (QED) is 0.643. The van der Waals surface area contributed by atoms with Crippen molar-refractivity contribution in [2.24, 2.45) is 5.73 Å². The average Bonchev–Trinajstić information content (AvgIpc) is 1.87. The molecule has 11 heavy (non-hydrogen) atoms. The molecule has 3 N–H and O–H groups in total. The summed E-state index contributed by atoms with van der Waals surface area (Å²) < 4.78 is 0. The number of thioether (sulfide) groups is 1. The van der Waals surface area contributed by atoms with Gasteiger partial charge in [-0.2, -0.15) is 11.8 Å². The molecular formula is C7H16N2OS. The molecule has 0 aliphatic carbocycles. The lowest BCUT2D eigenvalue weighted by molar-refractivity contribution is -0.122. The molecule has 0 bridgehead atoms. The van der Waals surface area contributed by atoms with Gasteiger partial charge < -0.3 is 11.1 Å². The molecule has 2 atom stereocenters. The number of carbonyl (C=O) groups excluding carboxylic acids is 1. The summed E-state index contributed by atoms with van der Waals surface area (Å²) in [6.45, 7) is 3.65. The van der Waals surface area contributed by atoms with Crippen molar-refractivity contribution >= 4 is 17.7 Å². The molecule has 66 valence electrons. The van der Waals surface area contributed by atoms with Crippen LogP contribution >= 0.6 is 11.8 Å². The Balaban J connectivity index is 3.57. The molecule has 0 aromatic rings. The lowest BCUT2D eigenvalue weighted by atomic mass is 10.3. The fraction of sp³-hybridized carbons (Fsp3) is 0.857. The zero-order valence-electron chi connectivity index (χ0n) is 7.26. The number of nitrogens with two attached hydrogens (primary N) is 1. The van der Waals surface area contributed by atoms with Gasteiger partial charge in [0.1, 0.15) is 0 Å². The molecule has 3 nitrogen and oxygen atoms in total. The van der Waals surface area contributed by atoms with Crippen molar-refractivity contribution in [1.82, 2.24) is 5.32 Å². The van der Waals surface area contributed by atoms with Crippen LogP contribution in [0.15, 0.2) is 0 Å². The van der Waals surface area contributed by atoms with Crippen molar-refractivity contribution < 1.29 is 4.79 Å². The molecule has 0 spiro atoms. The van der Waals surface area contributed by atoms with E-state index >= 15 is 0 Å². The molecule has 4 heteroatoms. The molecular weight excluding hydrogens is 160 g/mol. The first-order valence-corrected chi connectivity index (χ1v) is 5.02. The van der Waals surface area contributed by atoms with E-state index in [0.717, 1.165) is 5.75 Å². The summed E-state index contributed by atoms with van der Waals surface area (Å²) in [4.78, 5) is 11.0. The van der Waals surface area contributed by atoms with Crippen molar-refractivity contribution in [3.05, 3.63) is 0 Å². The van der Waals surface area contributed by atoms with Crippen molar-refractivity contribution in [3.63, 3.8) is 0 Å². The van der Waals surface area contributed by atoms with E-state index in [4.69, 9.17) is 5.73 Å². The molecule has 0 fully saturated rings. The maximum Gasteiger partial charge on any atom is 0.236 e. The van der Waals surface area contributed by atoms with Gasteiger partial charge in [0.05, 0.1) is 6.04 Å². The second-order valence-electron chi connectivity index (χ2n) is 2.65. The van der Waals surface area contributed by atoms with Gasteiger partial charge in [-0.05, 0) is 20.1 Å². The largest absolute Gasteiger partial charge is 0.351 e. The Morgan fingerprint density at radius 1 is 1.64 bits per heavy atom. The Hall–Kier alpha value is -0.220. The topological polar surface area (TPSA) is 55.1 Å². The van der Waals surface area contributed by atoms with E-state index in [-0.39, 0.29) is 11.9 Å². The summed E-state index contributed by atoms with van der Waals surface area (Å²) in [7, 11) is 0. The summed E-state index contributed by atoms with van der Waals surface area (Å²) in [6, 6.07) is -0.192. The predicted molar refractivity (Wildman–Crippen MR) is 49.6 cm³/mol. The van der Waals surface area contributed by atoms with Gasteiger partial charge in [0, 0.05) is 11.8 Å². The first kappa shape index (κ1) is 10.8. The van der Waals surface area contributed by atoms with Crippen LogP contribution in [0.4, 0.5) is 0 Å². The Morgan fingerprint density at radius 3 is 2.55 bits per heavy atom. The summed E-state index contributed by atoms with van der Waals surface area (Å²) in [6.07, 6.45) is 2.01. The number of nitrogens with one attached hydrogen (secondary N) is 1. The van der Waals surface area contributed by atoms with Crippen LogP contribution in [0, 0.1) is 0 Å². The van der Waals surface area contributed by atoms with Crippen LogP contribution in [0.2, 0.25) is 0 Å². The number of amides is 1. The van der Waals surface area contributed by atoms with Crippen LogP contribution in [0.5, 0.6) is 0 Å². The molecule has 0 radical (unpaired) electrons. The minimum Gasteiger partial charge on any atom is -0.351 e. The third-order valence-corrected chi connectivity index (χ3v) is 2.05. The van der Waals surface area contributed by atoms with Crippen LogP contribution in [0.25, 0.3) is 0 Å². The summed E-state index contributed by atoms with van der Waals surface area (Å²) in [5.74, 6) is 0.852. The van der Waals surface area contributed by atoms with E-state index < -0.39 is 6.04 Å². The Kier molecular flexibility index (Phi) is 5.32. The van der Waals surface area contributed by atoms with Crippen LogP contribution in [0.3, 0.4) is 0 Å². The summed E-state index contributed by atoms with van der Waals surface area (Å²) >= 11 is 1.71. The van der Waals surface area contributed by atoms with E-state index in [1.165, 1.54) is 0 Å². The molecule has 0 rings (SSSR count). The Labute approximate surface area is 72.1 Å². The van der Waals surface area contributed by atoms with E-state index in [2.05, 4.69) is 5.32 Å². The van der Waals surface area contributed by atoms with E-state index in [0.29, 0.717) is 0 Å². The molecule has 0 saturated carbocycles. The predicted octanol–water partition coefficient (Wildman–Crippen LogP) is 0.201. The van der Waals surface area contributed by atoms with E-state index in [1.54, 1.807) is 18.7 Å². The van der Waals surface area contributed by atoms with E-state index in [9.17, 15) is 4.79 Å². The smallest absolute Gasteiger partial charge is 0.236 e. The average molecular weight is 176 g/mol. The first-order chi connectivity index (χ1) is 5.07.